The smallest absolute Gasteiger partial charge is 0.257 e. The normalized spacial score (nSPS) is 20.4. The van der Waals surface area contributed by atoms with E-state index >= 15 is 0 Å². The molecule has 4 heteroatoms. The Labute approximate surface area is 105 Å². The fraction of sp³-hybridized carbons (Fsp3) is 0.462. The number of amides is 1. The maximum absolute atomic E-state index is 13.7. The number of nitrogens with zero attached hydrogens (tertiary/aromatic N) is 1. The van der Waals surface area contributed by atoms with E-state index in [1.54, 1.807) is 17.0 Å². The van der Waals surface area contributed by atoms with Crippen molar-refractivity contribution in [3.8, 4) is 0 Å². The van der Waals surface area contributed by atoms with Crippen LogP contribution >= 0.6 is 11.8 Å². The van der Waals surface area contributed by atoms with Crippen molar-refractivity contribution in [3.05, 3.63) is 35.1 Å². The second-order valence-corrected chi connectivity index (χ2v) is 5.56. The van der Waals surface area contributed by atoms with Crippen LogP contribution in [0.2, 0.25) is 0 Å². The van der Waals surface area contributed by atoms with Gasteiger partial charge in [0.1, 0.15) is 5.82 Å². The van der Waals surface area contributed by atoms with Crippen LogP contribution in [0.3, 0.4) is 0 Å². The molecule has 17 heavy (non-hydrogen) atoms. The van der Waals surface area contributed by atoms with Crippen LogP contribution in [-0.2, 0) is 0 Å². The van der Waals surface area contributed by atoms with E-state index in [4.69, 9.17) is 0 Å². The van der Waals surface area contributed by atoms with Crippen LogP contribution in [-0.4, -0.2) is 34.9 Å². The molecule has 1 saturated heterocycles. The molecule has 1 atom stereocenters. The summed E-state index contributed by atoms with van der Waals surface area (Å²) in [5, 5.41) is 0. The third-order valence-corrected chi connectivity index (χ3v) is 4.17. The first kappa shape index (κ1) is 12.4. The summed E-state index contributed by atoms with van der Waals surface area (Å²) in [7, 11) is 0. The Kier molecular flexibility index (Phi) is 3.72. The summed E-state index contributed by atoms with van der Waals surface area (Å²) < 4.78 is 13.7. The Bertz CT molecular complexity index is 435. The number of hydrogen-bond donors (Lipinski definition) is 0. The highest BCUT2D eigenvalue weighted by atomic mass is 32.2. The van der Waals surface area contributed by atoms with Crippen molar-refractivity contribution < 1.29 is 9.18 Å². The molecule has 0 aliphatic carbocycles. The van der Waals surface area contributed by atoms with E-state index < -0.39 is 5.82 Å². The van der Waals surface area contributed by atoms with Crippen LogP contribution in [0.25, 0.3) is 0 Å². The maximum Gasteiger partial charge on any atom is 0.257 e. The lowest BCUT2D eigenvalue weighted by molar-refractivity contribution is 0.0711. The molecule has 1 fully saturated rings. The zero-order chi connectivity index (χ0) is 12.4. The number of carbonyl (C=O) groups is 1. The van der Waals surface area contributed by atoms with Crippen molar-refractivity contribution in [2.45, 2.75) is 19.9 Å². The lowest BCUT2D eigenvalue weighted by atomic mass is 10.1. The molecular formula is C13H16FNOS. The van der Waals surface area contributed by atoms with Gasteiger partial charge in [0.25, 0.3) is 5.91 Å². The number of thioether (sulfide) groups is 1. The molecule has 1 aromatic rings. The first-order valence-electron chi connectivity index (χ1n) is 5.74. The number of rotatable bonds is 1. The van der Waals surface area contributed by atoms with E-state index in [1.807, 2.05) is 25.6 Å². The summed E-state index contributed by atoms with van der Waals surface area (Å²) in [5.41, 5.74) is 1.02. The highest BCUT2D eigenvalue weighted by Crippen LogP contribution is 2.20. The number of carbonyl (C=O) groups excluding carboxylic acids is 1. The minimum atomic E-state index is -0.416. The molecule has 92 valence electrons. The average molecular weight is 253 g/mol. The zero-order valence-electron chi connectivity index (χ0n) is 10.1. The maximum atomic E-state index is 13.7. The molecule has 0 radical (unpaired) electrons. The van der Waals surface area contributed by atoms with Crippen molar-refractivity contribution >= 4 is 17.7 Å². The zero-order valence-corrected chi connectivity index (χ0v) is 10.9. The van der Waals surface area contributed by atoms with Gasteiger partial charge in [-0.1, -0.05) is 6.07 Å². The minimum absolute atomic E-state index is 0.182. The second-order valence-electron chi connectivity index (χ2n) is 4.41. The van der Waals surface area contributed by atoms with Gasteiger partial charge < -0.3 is 4.90 Å². The standard InChI is InChI=1S/C13H16FNOS/c1-9-3-4-11(12(14)7-9)13(16)15-5-6-17-8-10(15)2/h3-4,7,10H,5-6,8H2,1-2H3. The molecule has 2 nitrogen and oxygen atoms in total. The van der Waals surface area contributed by atoms with Crippen molar-refractivity contribution in [1.82, 2.24) is 4.90 Å². The van der Waals surface area contributed by atoms with Gasteiger partial charge in [-0.15, -0.1) is 0 Å². The highest BCUT2D eigenvalue weighted by molar-refractivity contribution is 7.99. The molecular weight excluding hydrogens is 237 g/mol. The fourth-order valence-electron chi connectivity index (χ4n) is 1.98. The third-order valence-electron chi connectivity index (χ3n) is 2.98. The monoisotopic (exact) mass is 253 g/mol. The Balaban J connectivity index is 2.24. The Morgan fingerprint density at radius 1 is 1.53 bits per heavy atom. The van der Waals surface area contributed by atoms with Crippen LogP contribution in [0.4, 0.5) is 4.39 Å². The van der Waals surface area contributed by atoms with Crippen molar-refractivity contribution in [2.75, 3.05) is 18.1 Å². The van der Waals surface area contributed by atoms with Gasteiger partial charge in [-0.05, 0) is 31.5 Å². The Morgan fingerprint density at radius 2 is 2.29 bits per heavy atom. The van der Waals surface area contributed by atoms with E-state index in [2.05, 4.69) is 0 Å². The predicted molar refractivity (Wildman–Crippen MR) is 69.0 cm³/mol. The molecule has 1 aromatic carbocycles. The van der Waals surface area contributed by atoms with Crippen molar-refractivity contribution in [1.29, 1.82) is 0 Å². The molecule has 1 aliphatic rings. The Hall–Kier alpha value is -1.03. The topological polar surface area (TPSA) is 20.3 Å². The molecule has 1 amide bonds. The van der Waals surface area contributed by atoms with E-state index in [0.717, 1.165) is 17.1 Å². The minimum Gasteiger partial charge on any atom is -0.334 e. The molecule has 0 saturated carbocycles. The number of halogens is 1. The van der Waals surface area contributed by atoms with Gasteiger partial charge in [-0.3, -0.25) is 4.79 Å². The predicted octanol–water partition coefficient (Wildman–Crippen LogP) is 2.71. The first-order chi connectivity index (χ1) is 8.09. The fourth-order valence-corrected chi connectivity index (χ4v) is 2.99. The molecule has 0 N–H and O–H groups in total. The summed E-state index contributed by atoms with van der Waals surface area (Å²) in [6, 6.07) is 4.96. The van der Waals surface area contributed by atoms with E-state index in [0.29, 0.717) is 6.54 Å². The second kappa shape index (κ2) is 5.08. The quantitative estimate of drug-likeness (QED) is 0.767. The molecule has 0 bridgehead atoms. The summed E-state index contributed by atoms with van der Waals surface area (Å²) >= 11 is 1.84. The number of hydrogen-bond acceptors (Lipinski definition) is 2. The van der Waals surface area contributed by atoms with Crippen molar-refractivity contribution in [2.24, 2.45) is 0 Å². The average Bonchev–Trinajstić information content (AvgIpc) is 2.29. The van der Waals surface area contributed by atoms with Crippen LogP contribution in [0.15, 0.2) is 18.2 Å². The van der Waals surface area contributed by atoms with Gasteiger partial charge in [-0.25, -0.2) is 4.39 Å². The highest BCUT2D eigenvalue weighted by Gasteiger charge is 2.26. The van der Waals surface area contributed by atoms with E-state index in [1.165, 1.54) is 6.07 Å². The summed E-state index contributed by atoms with van der Waals surface area (Å²) in [5.74, 6) is 1.26. The molecule has 0 aromatic heterocycles. The van der Waals surface area contributed by atoms with Gasteiger partial charge >= 0.3 is 0 Å². The van der Waals surface area contributed by atoms with E-state index in [-0.39, 0.29) is 17.5 Å². The lowest BCUT2D eigenvalue weighted by Crippen LogP contribution is -2.44. The van der Waals surface area contributed by atoms with Gasteiger partial charge in [0, 0.05) is 24.1 Å². The molecule has 1 unspecified atom stereocenters. The van der Waals surface area contributed by atoms with Gasteiger partial charge in [0.2, 0.25) is 0 Å². The Morgan fingerprint density at radius 3 is 2.94 bits per heavy atom. The van der Waals surface area contributed by atoms with Crippen LogP contribution in [0.5, 0.6) is 0 Å². The largest absolute Gasteiger partial charge is 0.334 e. The molecule has 1 aliphatic heterocycles. The molecule has 1 heterocycles. The van der Waals surface area contributed by atoms with Gasteiger partial charge in [-0.2, -0.15) is 11.8 Å². The van der Waals surface area contributed by atoms with Crippen molar-refractivity contribution in [3.63, 3.8) is 0 Å². The number of benzene rings is 1. The lowest BCUT2D eigenvalue weighted by Gasteiger charge is -2.33. The SMILES string of the molecule is Cc1ccc(C(=O)N2CCSCC2C)c(F)c1. The molecule has 2 rings (SSSR count). The first-order valence-corrected chi connectivity index (χ1v) is 6.90. The summed E-state index contributed by atoms with van der Waals surface area (Å²) in [6.45, 7) is 4.53. The molecule has 0 spiro atoms. The third kappa shape index (κ3) is 2.63. The van der Waals surface area contributed by atoms with Crippen LogP contribution < -0.4 is 0 Å². The van der Waals surface area contributed by atoms with Gasteiger partial charge in [0.15, 0.2) is 0 Å². The van der Waals surface area contributed by atoms with Crippen LogP contribution in [0, 0.1) is 12.7 Å². The van der Waals surface area contributed by atoms with Crippen LogP contribution in [0.1, 0.15) is 22.8 Å². The summed E-state index contributed by atoms with van der Waals surface area (Å²) in [4.78, 5) is 14.0. The van der Waals surface area contributed by atoms with Gasteiger partial charge in [0.05, 0.1) is 5.56 Å². The number of aryl methyl sites for hydroxylation is 1. The summed E-state index contributed by atoms with van der Waals surface area (Å²) in [6.07, 6.45) is 0. The van der Waals surface area contributed by atoms with E-state index in [9.17, 15) is 9.18 Å².